The van der Waals surface area contributed by atoms with Crippen molar-refractivity contribution >= 4 is 17.6 Å². The third-order valence-electron chi connectivity index (χ3n) is 4.73. The summed E-state index contributed by atoms with van der Waals surface area (Å²) in [6.45, 7) is 1.59. The Balaban J connectivity index is 2.05. The molecule has 28 heavy (non-hydrogen) atoms. The molecule has 146 valence electrons. The van der Waals surface area contributed by atoms with Crippen LogP contribution >= 0.6 is 0 Å². The first-order chi connectivity index (χ1) is 13.2. The molecule has 1 aliphatic rings. The number of carbonyl (C=O) groups excluding carboxylic acids is 2. The third kappa shape index (κ3) is 3.45. The van der Waals surface area contributed by atoms with Crippen LogP contribution in [-0.4, -0.2) is 35.8 Å². The number of nitrogens with zero attached hydrogens (tertiary/aromatic N) is 2. The Bertz CT molecular complexity index is 990. The first-order valence-corrected chi connectivity index (χ1v) is 8.44. The van der Waals surface area contributed by atoms with Crippen LogP contribution in [0.2, 0.25) is 0 Å². The van der Waals surface area contributed by atoms with Gasteiger partial charge in [0.25, 0.3) is 5.91 Å². The van der Waals surface area contributed by atoms with Crippen LogP contribution in [0.3, 0.4) is 0 Å². The van der Waals surface area contributed by atoms with E-state index in [2.05, 4.69) is 5.32 Å². The minimum absolute atomic E-state index is 0.0596. The summed E-state index contributed by atoms with van der Waals surface area (Å²) in [7, 11) is 3.02. The van der Waals surface area contributed by atoms with Crippen LogP contribution in [0.25, 0.3) is 0 Å². The number of rotatable bonds is 3. The summed E-state index contributed by atoms with van der Waals surface area (Å²) in [6, 6.07) is 7.39. The maximum atomic E-state index is 13.8. The highest BCUT2D eigenvalue weighted by Gasteiger charge is 2.38. The first-order valence-electron chi connectivity index (χ1n) is 8.44. The van der Waals surface area contributed by atoms with E-state index in [1.165, 1.54) is 48.2 Å². The molecular formula is C20H18F3N3O2. The zero-order chi connectivity index (χ0) is 20.6. The van der Waals surface area contributed by atoms with E-state index in [4.69, 9.17) is 0 Å². The lowest BCUT2D eigenvalue weighted by Crippen LogP contribution is -2.47. The summed E-state index contributed by atoms with van der Waals surface area (Å²) < 4.78 is 40.4. The molecule has 1 N–H and O–H groups in total. The SMILES string of the molecule is CC1=C(C(=O)Nc2ccc(F)c(F)c2)[C@@H](c2cccc(F)c2)N(C)C(=O)N1C. The molecule has 0 unspecified atom stereocenters. The van der Waals surface area contributed by atoms with Gasteiger partial charge >= 0.3 is 6.03 Å². The molecule has 0 aliphatic carbocycles. The Labute approximate surface area is 160 Å². The molecule has 2 aromatic rings. The summed E-state index contributed by atoms with van der Waals surface area (Å²) in [5.74, 6) is -3.24. The van der Waals surface area contributed by atoms with Crippen molar-refractivity contribution in [2.75, 3.05) is 19.4 Å². The normalized spacial score (nSPS) is 17.2. The van der Waals surface area contributed by atoms with E-state index in [-0.39, 0.29) is 17.3 Å². The van der Waals surface area contributed by atoms with E-state index in [9.17, 15) is 22.8 Å². The molecule has 1 atom stereocenters. The number of urea groups is 1. The van der Waals surface area contributed by atoms with E-state index in [1.807, 2.05) is 0 Å². The second-order valence-electron chi connectivity index (χ2n) is 6.49. The highest BCUT2D eigenvalue weighted by molar-refractivity contribution is 6.06. The predicted octanol–water partition coefficient (Wildman–Crippen LogP) is 4.05. The van der Waals surface area contributed by atoms with E-state index in [0.29, 0.717) is 11.3 Å². The van der Waals surface area contributed by atoms with Gasteiger partial charge in [-0.2, -0.15) is 0 Å². The van der Waals surface area contributed by atoms with Gasteiger partial charge in [0.1, 0.15) is 5.82 Å². The minimum Gasteiger partial charge on any atom is -0.322 e. The third-order valence-corrected chi connectivity index (χ3v) is 4.73. The topological polar surface area (TPSA) is 52.7 Å². The van der Waals surface area contributed by atoms with Crippen LogP contribution < -0.4 is 5.32 Å². The highest BCUT2D eigenvalue weighted by Crippen LogP contribution is 2.36. The van der Waals surface area contributed by atoms with Crippen molar-refractivity contribution in [3.63, 3.8) is 0 Å². The maximum absolute atomic E-state index is 13.8. The molecule has 3 rings (SSSR count). The smallest absolute Gasteiger partial charge is 0.322 e. The summed E-state index contributed by atoms with van der Waals surface area (Å²) in [6.07, 6.45) is 0. The van der Waals surface area contributed by atoms with Crippen LogP contribution in [0, 0.1) is 17.5 Å². The van der Waals surface area contributed by atoms with Gasteiger partial charge in [0.05, 0.1) is 11.6 Å². The van der Waals surface area contributed by atoms with Gasteiger partial charge in [-0.25, -0.2) is 18.0 Å². The minimum atomic E-state index is -1.10. The van der Waals surface area contributed by atoms with E-state index >= 15 is 0 Å². The van der Waals surface area contributed by atoms with Crippen molar-refractivity contribution in [2.45, 2.75) is 13.0 Å². The zero-order valence-electron chi connectivity index (χ0n) is 15.5. The van der Waals surface area contributed by atoms with Crippen molar-refractivity contribution in [3.05, 3.63) is 76.7 Å². The molecule has 0 radical (unpaired) electrons. The number of hydrogen-bond acceptors (Lipinski definition) is 2. The number of allylic oxidation sites excluding steroid dienone is 1. The van der Waals surface area contributed by atoms with E-state index in [1.54, 1.807) is 13.0 Å². The Morgan fingerprint density at radius 2 is 1.75 bits per heavy atom. The second kappa shape index (κ2) is 7.38. The number of likely N-dealkylation sites (N-methyl/N-ethyl adjacent to an activating group) is 1. The Kier molecular flexibility index (Phi) is 5.13. The molecule has 2 aromatic carbocycles. The van der Waals surface area contributed by atoms with Gasteiger partial charge in [0, 0.05) is 31.5 Å². The van der Waals surface area contributed by atoms with Crippen LogP contribution in [0.4, 0.5) is 23.7 Å². The van der Waals surface area contributed by atoms with Gasteiger partial charge in [-0.15, -0.1) is 0 Å². The molecule has 1 aliphatic heterocycles. The Morgan fingerprint density at radius 3 is 2.39 bits per heavy atom. The molecular weight excluding hydrogens is 371 g/mol. The van der Waals surface area contributed by atoms with Crippen molar-refractivity contribution < 1.29 is 22.8 Å². The molecule has 0 fully saturated rings. The number of anilines is 1. The first kappa shape index (κ1) is 19.5. The maximum Gasteiger partial charge on any atom is 0.324 e. The molecule has 0 spiro atoms. The second-order valence-corrected chi connectivity index (χ2v) is 6.49. The lowest BCUT2D eigenvalue weighted by molar-refractivity contribution is -0.113. The predicted molar refractivity (Wildman–Crippen MR) is 97.8 cm³/mol. The highest BCUT2D eigenvalue weighted by atomic mass is 19.2. The molecule has 0 bridgehead atoms. The molecule has 5 nitrogen and oxygen atoms in total. The van der Waals surface area contributed by atoms with Crippen molar-refractivity contribution in [1.82, 2.24) is 9.80 Å². The van der Waals surface area contributed by atoms with Crippen LogP contribution in [-0.2, 0) is 4.79 Å². The number of halogens is 3. The Hall–Kier alpha value is -3.29. The van der Waals surface area contributed by atoms with Gasteiger partial charge in [0.15, 0.2) is 11.6 Å². The largest absolute Gasteiger partial charge is 0.324 e. The van der Waals surface area contributed by atoms with Crippen molar-refractivity contribution in [3.8, 4) is 0 Å². The van der Waals surface area contributed by atoms with Gasteiger partial charge in [-0.05, 0) is 36.8 Å². The summed E-state index contributed by atoms with van der Waals surface area (Å²) in [5.41, 5.74) is 1.04. The number of benzene rings is 2. The van der Waals surface area contributed by atoms with Gasteiger partial charge < -0.3 is 15.1 Å². The quantitative estimate of drug-likeness (QED) is 0.861. The van der Waals surface area contributed by atoms with Gasteiger partial charge in [-0.1, -0.05) is 12.1 Å². The molecule has 0 aromatic heterocycles. The molecule has 0 saturated heterocycles. The van der Waals surface area contributed by atoms with E-state index < -0.39 is 29.4 Å². The van der Waals surface area contributed by atoms with Crippen molar-refractivity contribution in [2.24, 2.45) is 0 Å². The molecule has 3 amide bonds. The fourth-order valence-corrected chi connectivity index (χ4v) is 3.19. The lowest BCUT2D eigenvalue weighted by atomic mass is 9.93. The molecule has 8 heteroatoms. The summed E-state index contributed by atoms with van der Waals surface area (Å²) >= 11 is 0. The Morgan fingerprint density at radius 1 is 1.04 bits per heavy atom. The average molecular weight is 389 g/mol. The van der Waals surface area contributed by atoms with Gasteiger partial charge in [0.2, 0.25) is 0 Å². The number of hydrogen-bond donors (Lipinski definition) is 1. The monoisotopic (exact) mass is 389 g/mol. The lowest BCUT2D eigenvalue weighted by Gasteiger charge is -2.39. The zero-order valence-corrected chi connectivity index (χ0v) is 15.5. The fourth-order valence-electron chi connectivity index (χ4n) is 3.19. The van der Waals surface area contributed by atoms with Crippen LogP contribution in [0.1, 0.15) is 18.5 Å². The summed E-state index contributed by atoms with van der Waals surface area (Å²) in [5, 5.41) is 2.52. The van der Waals surface area contributed by atoms with Crippen molar-refractivity contribution in [1.29, 1.82) is 0 Å². The van der Waals surface area contributed by atoms with Gasteiger partial charge in [-0.3, -0.25) is 4.79 Å². The number of nitrogens with one attached hydrogen (secondary N) is 1. The van der Waals surface area contributed by atoms with E-state index in [0.717, 1.165) is 12.1 Å². The average Bonchev–Trinajstić information content (AvgIpc) is 2.65. The number of amides is 3. The standard InChI is InChI=1S/C20H18F3N3O2/c1-11-17(19(27)24-14-7-8-15(22)16(23)10-14)18(26(3)20(28)25(11)2)12-5-4-6-13(21)9-12/h4-10,18H,1-3H3,(H,24,27)/t18-/m1/s1. The fraction of sp³-hybridized carbons (Fsp3) is 0.200. The molecule has 1 heterocycles. The number of carbonyl (C=O) groups is 2. The summed E-state index contributed by atoms with van der Waals surface area (Å²) in [4.78, 5) is 28.1. The van der Waals surface area contributed by atoms with Crippen LogP contribution in [0.15, 0.2) is 53.7 Å². The van der Waals surface area contributed by atoms with Crippen LogP contribution in [0.5, 0.6) is 0 Å². The molecule has 0 saturated carbocycles.